The molecule has 1 atom stereocenters. The molecule has 1 aliphatic rings. The van der Waals surface area contributed by atoms with Gasteiger partial charge in [0.15, 0.2) is 6.10 Å². The highest BCUT2D eigenvalue weighted by Crippen LogP contribution is 2.33. The second-order valence-electron chi connectivity index (χ2n) is 6.25. The number of nitrogens with one attached hydrogen (secondary N) is 1. The Morgan fingerprint density at radius 2 is 1.79 bits per heavy atom. The summed E-state index contributed by atoms with van der Waals surface area (Å²) in [4.78, 5) is 25.9. The van der Waals surface area contributed by atoms with E-state index in [4.69, 9.17) is 14.2 Å². The normalized spacial score (nSPS) is 15.2. The lowest BCUT2D eigenvalue weighted by molar-refractivity contribution is -0.128. The van der Waals surface area contributed by atoms with Crippen LogP contribution in [0.5, 0.6) is 17.2 Å². The molecule has 2 amide bonds. The zero-order valence-electron chi connectivity index (χ0n) is 16.0. The molecule has 28 heavy (non-hydrogen) atoms. The first-order valence-corrected chi connectivity index (χ1v) is 9.25. The summed E-state index contributed by atoms with van der Waals surface area (Å²) >= 11 is 0. The number of benzene rings is 2. The van der Waals surface area contributed by atoms with Crippen LogP contribution in [0.3, 0.4) is 0 Å². The van der Waals surface area contributed by atoms with E-state index in [1.54, 1.807) is 17.0 Å². The maximum absolute atomic E-state index is 12.5. The molecule has 1 aliphatic heterocycles. The summed E-state index contributed by atoms with van der Waals surface area (Å²) in [6, 6.07) is 14.5. The van der Waals surface area contributed by atoms with Crippen molar-refractivity contribution in [3.63, 3.8) is 0 Å². The molecule has 148 valence electrons. The summed E-state index contributed by atoms with van der Waals surface area (Å²) in [5, 5.41) is 2.79. The predicted molar refractivity (Wildman–Crippen MR) is 105 cm³/mol. The molecule has 0 spiro atoms. The van der Waals surface area contributed by atoms with Crippen LogP contribution in [0.1, 0.15) is 13.8 Å². The number of rotatable bonds is 7. The highest BCUT2D eigenvalue weighted by Gasteiger charge is 2.32. The van der Waals surface area contributed by atoms with E-state index in [0.29, 0.717) is 36.9 Å². The van der Waals surface area contributed by atoms with E-state index in [9.17, 15) is 9.59 Å². The highest BCUT2D eigenvalue weighted by molar-refractivity contribution is 5.95. The second-order valence-corrected chi connectivity index (χ2v) is 6.25. The van der Waals surface area contributed by atoms with Crippen LogP contribution in [0.4, 0.5) is 5.69 Å². The quantitative estimate of drug-likeness (QED) is 0.742. The zero-order valence-corrected chi connectivity index (χ0v) is 16.0. The molecule has 0 fully saturated rings. The summed E-state index contributed by atoms with van der Waals surface area (Å²) in [6.07, 6.45) is -0.760. The Morgan fingerprint density at radius 3 is 2.46 bits per heavy atom. The minimum atomic E-state index is -0.760. The van der Waals surface area contributed by atoms with Gasteiger partial charge >= 0.3 is 0 Å². The van der Waals surface area contributed by atoms with Crippen molar-refractivity contribution in [2.45, 2.75) is 20.0 Å². The topological polar surface area (TPSA) is 77.1 Å². The van der Waals surface area contributed by atoms with Crippen LogP contribution in [0.2, 0.25) is 0 Å². The summed E-state index contributed by atoms with van der Waals surface area (Å²) in [6.45, 7) is 4.84. The van der Waals surface area contributed by atoms with Gasteiger partial charge in [0.1, 0.15) is 23.9 Å². The number of anilines is 1. The molecule has 0 radical (unpaired) electrons. The van der Waals surface area contributed by atoms with Crippen LogP contribution in [-0.2, 0) is 9.59 Å². The fourth-order valence-corrected chi connectivity index (χ4v) is 2.92. The standard InChI is InChI=1S/C21H24N2O5/c1-3-26-16-8-10-17(11-9-16)27-13-12-22-21(25)20-14-23(15(2)24)18-6-4-5-7-19(18)28-20/h4-11,20H,3,12-14H2,1-2H3,(H,22,25)/t20-/m0/s1. The van der Waals surface area contributed by atoms with E-state index < -0.39 is 6.10 Å². The molecule has 0 unspecified atom stereocenters. The Hall–Kier alpha value is -3.22. The summed E-state index contributed by atoms with van der Waals surface area (Å²) in [5.74, 6) is 1.59. The van der Waals surface area contributed by atoms with Gasteiger partial charge in [-0.25, -0.2) is 0 Å². The molecule has 0 aromatic heterocycles. The van der Waals surface area contributed by atoms with Crippen molar-refractivity contribution in [1.82, 2.24) is 5.32 Å². The molecule has 3 rings (SSSR count). The van der Waals surface area contributed by atoms with Crippen molar-refractivity contribution in [1.29, 1.82) is 0 Å². The van der Waals surface area contributed by atoms with Gasteiger partial charge in [-0.15, -0.1) is 0 Å². The van der Waals surface area contributed by atoms with Crippen LogP contribution in [0.15, 0.2) is 48.5 Å². The molecule has 0 bridgehead atoms. The van der Waals surface area contributed by atoms with Gasteiger partial charge in [-0.05, 0) is 43.3 Å². The number of hydrogen-bond donors (Lipinski definition) is 1. The molecule has 2 aromatic carbocycles. The number of hydrogen-bond acceptors (Lipinski definition) is 5. The van der Waals surface area contributed by atoms with Crippen molar-refractivity contribution in [3.05, 3.63) is 48.5 Å². The average Bonchev–Trinajstić information content (AvgIpc) is 2.71. The SMILES string of the molecule is CCOc1ccc(OCCNC(=O)[C@@H]2CN(C(C)=O)c3ccccc3O2)cc1. The van der Waals surface area contributed by atoms with Crippen LogP contribution in [0.25, 0.3) is 0 Å². The Balaban J connectivity index is 1.49. The summed E-state index contributed by atoms with van der Waals surface area (Å²) < 4.78 is 16.8. The largest absolute Gasteiger partial charge is 0.494 e. The van der Waals surface area contributed by atoms with Crippen molar-refractivity contribution in [2.24, 2.45) is 0 Å². The van der Waals surface area contributed by atoms with Crippen molar-refractivity contribution in [3.8, 4) is 17.2 Å². The first-order chi connectivity index (χ1) is 13.6. The molecule has 7 heteroatoms. The van der Waals surface area contributed by atoms with E-state index in [-0.39, 0.29) is 18.4 Å². The van der Waals surface area contributed by atoms with E-state index in [1.807, 2.05) is 43.3 Å². The second kappa shape index (κ2) is 9.12. The molecule has 0 aliphatic carbocycles. The number of amides is 2. The number of fused-ring (bicyclic) bond motifs is 1. The van der Waals surface area contributed by atoms with E-state index in [2.05, 4.69) is 5.32 Å². The first-order valence-electron chi connectivity index (χ1n) is 9.25. The van der Waals surface area contributed by atoms with Crippen molar-refractivity contribution >= 4 is 17.5 Å². The van der Waals surface area contributed by atoms with Gasteiger partial charge in [-0.2, -0.15) is 0 Å². The van der Waals surface area contributed by atoms with Gasteiger partial charge in [0, 0.05) is 6.92 Å². The molecule has 2 aromatic rings. The molecular weight excluding hydrogens is 360 g/mol. The van der Waals surface area contributed by atoms with Gasteiger partial charge in [-0.1, -0.05) is 12.1 Å². The average molecular weight is 384 g/mol. The minimum absolute atomic E-state index is 0.132. The number of carbonyl (C=O) groups is 2. The van der Waals surface area contributed by atoms with Gasteiger partial charge in [0.05, 0.1) is 25.4 Å². The zero-order chi connectivity index (χ0) is 19.9. The number of nitrogens with zero attached hydrogens (tertiary/aromatic N) is 1. The fraction of sp³-hybridized carbons (Fsp3) is 0.333. The summed E-state index contributed by atoms with van der Waals surface area (Å²) in [7, 11) is 0. The molecule has 1 heterocycles. The van der Waals surface area contributed by atoms with Gasteiger partial charge in [0.25, 0.3) is 5.91 Å². The smallest absolute Gasteiger partial charge is 0.263 e. The number of para-hydroxylation sites is 2. The Morgan fingerprint density at radius 1 is 1.11 bits per heavy atom. The van der Waals surface area contributed by atoms with Crippen LogP contribution >= 0.6 is 0 Å². The van der Waals surface area contributed by atoms with Crippen LogP contribution in [-0.4, -0.2) is 44.2 Å². The third-order valence-electron chi connectivity index (χ3n) is 4.25. The Kier molecular flexibility index (Phi) is 6.37. The fourth-order valence-electron chi connectivity index (χ4n) is 2.92. The molecular formula is C21H24N2O5. The lowest BCUT2D eigenvalue weighted by atomic mass is 10.1. The van der Waals surface area contributed by atoms with E-state index in [1.165, 1.54) is 6.92 Å². The predicted octanol–water partition coefficient (Wildman–Crippen LogP) is 2.39. The molecule has 1 N–H and O–H groups in total. The molecule has 7 nitrogen and oxygen atoms in total. The minimum Gasteiger partial charge on any atom is -0.494 e. The van der Waals surface area contributed by atoms with E-state index in [0.717, 1.165) is 5.75 Å². The monoisotopic (exact) mass is 384 g/mol. The highest BCUT2D eigenvalue weighted by atomic mass is 16.5. The van der Waals surface area contributed by atoms with Crippen molar-refractivity contribution in [2.75, 3.05) is 31.2 Å². The Labute approximate surface area is 164 Å². The lowest BCUT2D eigenvalue weighted by Gasteiger charge is -2.33. The van der Waals surface area contributed by atoms with Gasteiger partial charge in [0.2, 0.25) is 5.91 Å². The van der Waals surface area contributed by atoms with Gasteiger partial charge in [-0.3, -0.25) is 9.59 Å². The number of carbonyl (C=O) groups excluding carboxylic acids is 2. The van der Waals surface area contributed by atoms with Crippen LogP contribution in [0, 0.1) is 0 Å². The first kappa shape index (κ1) is 19.5. The molecule has 0 saturated heterocycles. The Bertz CT molecular complexity index is 822. The third-order valence-corrected chi connectivity index (χ3v) is 4.25. The maximum Gasteiger partial charge on any atom is 0.263 e. The molecule has 0 saturated carbocycles. The van der Waals surface area contributed by atoms with Crippen molar-refractivity contribution < 1.29 is 23.8 Å². The number of ether oxygens (including phenoxy) is 3. The lowest BCUT2D eigenvalue weighted by Crippen LogP contribution is -2.50. The van der Waals surface area contributed by atoms with Gasteiger partial charge < -0.3 is 24.4 Å². The third kappa shape index (κ3) is 4.73. The van der Waals surface area contributed by atoms with E-state index >= 15 is 0 Å². The maximum atomic E-state index is 12.5. The van der Waals surface area contributed by atoms with Crippen LogP contribution < -0.4 is 24.4 Å². The summed E-state index contributed by atoms with van der Waals surface area (Å²) in [5.41, 5.74) is 0.679.